The summed E-state index contributed by atoms with van der Waals surface area (Å²) < 4.78 is 1.37. The van der Waals surface area contributed by atoms with Gasteiger partial charge in [0, 0.05) is 11.7 Å². The number of amides is 1. The summed E-state index contributed by atoms with van der Waals surface area (Å²) in [7, 11) is 0. The van der Waals surface area contributed by atoms with Crippen LogP contribution >= 0.6 is 0 Å². The van der Waals surface area contributed by atoms with Crippen LogP contribution in [0.3, 0.4) is 0 Å². The molecule has 1 aromatic heterocycles. The van der Waals surface area contributed by atoms with Crippen molar-refractivity contribution in [3.05, 3.63) is 11.9 Å². The first-order valence-electron chi connectivity index (χ1n) is 6.19. The fourth-order valence-corrected chi connectivity index (χ4v) is 1.39. The van der Waals surface area contributed by atoms with E-state index in [1.54, 1.807) is 6.92 Å². The molecule has 0 spiro atoms. The lowest BCUT2D eigenvalue weighted by molar-refractivity contribution is -0.136. The number of carboxylic acid groups (broad SMARTS) is 1. The predicted octanol–water partition coefficient (Wildman–Crippen LogP) is 0.771. The molecule has 1 amide bonds. The lowest BCUT2D eigenvalue weighted by Gasteiger charge is -2.26. The number of aromatic nitrogens is 3. The minimum atomic E-state index is -0.976. The van der Waals surface area contributed by atoms with Crippen LogP contribution in [0.1, 0.15) is 45.9 Å². The molecule has 1 unspecified atom stereocenters. The lowest BCUT2D eigenvalue weighted by atomic mass is 10.0. The van der Waals surface area contributed by atoms with Gasteiger partial charge in [0.15, 0.2) is 0 Å². The quantitative estimate of drug-likeness (QED) is 0.794. The number of aliphatic carboxylic acids is 1. The number of carbonyl (C=O) groups excluding carboxylic acids is 1. The summed E-state index contributed by atoms with van der Waals surface area (Å²) in [5, 5.41) is 19.1. The van der Waals surface area contributed by atoms with E-state index in [-0.39, 0.29) is 17.9 Å². The highest BCUT2D eigenvalue weighted by atomic mass is 16.4. The molecule has 0 fully saturated rings. The van der Waals surface area contributed by atoms with Crippen LogP contribution < -0.4 is 5.32 Å². The van der Waals surface area contributed by atoms with Crippen molar-refractivity contribution in [1.82, 2.24) is 20.3 Å². The molecule has 0 bridgehead atoms. The van der Waals surface area contributed by atoms with Gasteiger partial charge in [-0.25, -0.2) is 4.68 Å². The van der Waals surface area contributed by atoms with Gasteiger partial charge in [0.2, 0.25) is 5.91 Å². The Balaban J connectivity index is 2.72. The molecule has 7 nitrogen and oxygen atoms in total. The Morgan fingerprint density at radius 3 is 2.68 bits per heavy atom. The first kappa shape index (κ1) is 15.1. The number of carbonyl (C=O) groups is 2. The molecule has 0 aliphatic heterocycles. The molecule has 0 saturated heterocycles. The van der Waals surface area contributed by atoms with Crippen molar-refractivity contribution < 1.29 is 14.7 Å². The number of hydrogen-bond donors (Lipinski definition) is 2. The number of carboxylic acids is 1. The topological polar surface area (TPSA) is 97.1 Å². The third-order valence-electron chi connectivity index (χ3n) is 3.01. The van der Waals surface area contributed by atoms with Gasteiger partial charge in [-0.3, -0.25) is 9.59 Å². The smallest absolute Gasteiger partial charge is 0.309 e. The van der Waals surface area contributed by atoms with E-state index in [0.29, 0.717) is 5.69 Å². The molecular formula is C12H20N4O3. The molecule has 106 valence electrons. The highest BCUT2D eigenvalue weighted by Gasteiger charge is 2.23. The fourth-order valence-electron chi connectivity index (χ4n) is 1.39. The number of nitrogens with zero attached hydrogens (tertiary/aromatic N) is 3. The second kappa shape index (κ2) is 5.81. The lowest BCUT2D eigenvalue weighted by Crippen LogP contribution is -2.45. The zero-order valence-corrected chi connectivity index (χ0v) is 11.7. The second-order valence-electron chi connectivity index (χ2n) is 5.16. The summed E-state index contributed by atoms with van der Waals surface area (Å²) in [5.41, 5.74) is 0.0532. The van der Waals surface area contributed by atoms with Crippen LogP contribution in [-0.4, -0.2) is 37.5 Å². The summed E-state index contributed by atoms with van der Waals surface area (Å²) in [4.78, 5) is 22.6. The van der Waals surface area contributed by atoms with E-state index in [2.05, 4.69) is 15.6 Å². The van der Waals surface area contributed by atoms with Crippen LogP contribution in [-0.2, 0) is 16.0 Å². The van der Waals surface area contributed by atoms with Crippen LogP contribution in [0.25, 0.3) is 0 Å². The van der Waals surface area contributed by atoms with Gasteiger partial charge >= 0.3 is 5.97 Å². The Bertz CT molecular complexity index is 467. The molecule has 0 aromatic carbocycles. The summed E-state index contributed by atoms with van der Waals surface area (Å²) in [6.07, 6.45) is 2.10. The molecule has 7 heteroatoms. The van der Waals surface area contributed by atoms with Gasteiger partial charge in [-0.05, 0) is 27.2 Å². The van der Waals surface area contributed by atoms with Gasteiger partial charge in [0.05, 0.1) is 12.1 Å². The highest BCUT2D eigenvalue weighted by molar-refractivity contribution is 5.80. The molecule has 0 radical (unpaired) electrons. The summed E-state index contributed by atoms with van der Waals surface area (Å²) >= 11 is 0. The van der Waals surface area contributed by atoms with Gasteiger partial charge in [0.1, 0.15) is 6.04 Å². The predicted molar refractivity (Wildman–Crippen MR) is 68.6 cm³/mol. The van der Waals surface area contributed by atoms with E-state index < -0.39 is 12.0 Å². The van der Waals surface area contributed by atoms with Gasteiger partial charge in [-0.2, -0.15) is 0 Å². The molecule has 1 rings (SSSR count). The Kier molecular flexibility index (Phi) is 4.63. The summed E-state index contributed by atoms with van der Waals surface area (Å²) in [6, 6.07) is -0.527. The number of nitrogens with one attached hydrogen (secondary N) is 1. The van der Waals surface area contributed by atoms with Crippen molar-refractivity contribution in [2.24, 2.45) is 0 Å². The van der Waals surface area contributed by atoms with Crippen molar-refractivity contribution in [2.75, 3.05) is 0 Å². The molecule has 19 heavy (non-hydrogen) atoms. The first-order valence-corrected chi connectivity index (χ1v) is 6.19. The first-order chi connectivity index (χ1) is 8.75. The molecule has 0 aliphatic rings. The van der Waals surface area contributed by atoms with Crippen molar-refractivity contribution in [3.63, 3.8) is 0 Å². The standard InChI is InChI=1S/C12H20N4O3/c1-5-12(3,4)13-11(19)8(2)16-7-9(14-15-16)6-10(17)18/h7-8H,5-6H2,1-4H3,(H,13,19)(H,17,18). The van der Waals surface area contributed by atoms with Crippen LogP contribution in [0.2, 0.25) is 0 Å². The Morgan fingerprint density at radius 1 is 1.53 bits per heavy atom. The maximum atomic E-state index is 12.0. The summed E-state index contributed by atoms with van der Waals surface area (Å²) in [6.45, 7) is 7.56. The second-order valence-corrected chi connectivity index (χ2v) is 5.16. The van der Waals surface area contributed by atoms with Crippen LogP contribution in [0, 0.1) is 0 Å². The highest BCUT2D eigenvalue weighted by Crippen LogP contribution is 2.11. The molecule has 2 N–H and O–H groups in total. The van der Waals surface area contributed by atoms with E-state index in [1.165, 1.54) is 10.9 Å². The normalized spacial score (nSPS) is 13.1. The fraction of sp³-hybridized carbons (Fsp3) is 0.667. The van der Waals surface area contributed by atoms with Gasteiger partial charge < -0.3 is 10.4 Å². The van der Waals surface area contributed by atoms with Crippen molar-refractivity contribution >= 4 is 11.9 Å². The average molecular weight is 268 g/mol. The Morgan fingerprint density at radius 2 is 2.16 bits per heavy atom. The van der Waals surface area contributed by atoms with Crippen molar-refractivity contribution in [1.29, 1.82) is 0 Å². The van der Waals surface area contributed by atoms with Gasteiger partial charge in [0.25, 0.3) is 0 Å². The van der Waals surface area contributed by atoms with Crippen LogP contribution in [0.15, 0.2) is 6.20 Å². The molecule has 1 aromatic rings. The van der Waals surface area contributed by atoms with Crippen LogP contribution in [0.5, 0.6) is 0 Å². The van der Waals surface area contributed by atoms with E-state index in [1.807, 2.05) is 20.8 Å². The Labute approximate surface area is 112 Å². The molecule has 0 saturated carbocycles. The zero-order chi connectivity index (χ0) is 14.6. The molecule has 1 atom stereocenters. The van der Waals surface area contributed by atoms with Gasteiger partial charge in [-0.1, -0.05) is 12.1 Å². The molecule has 0 aliphatic carbocycles. The summed E-state index contributed by atoms with van der Waals surface area (Å²) in [5.74, 6) is -1.14. The SMILES string of the molecule is CCC(C)(C)NC(=O)C(C)n1cc(CC(=O)O)nn1. The minimum Gasteiger partial charge on any atom is -0.481 e. The maximum Gasteiger partial charge on any atom is 0.309 e. The minimum absolute atomic E-state index is 0.168. The third kappa shape index (κ3) is 4.35. The van der Waals surface area contributed by atoms with Crippen LogP contribution in [0.4, 0.5) is 0 Å². The molecule has 1 heterocycles. The van der Waals surface area contributed by atoms with Crippen molar-refractivity contribution in [2.45, 2.75) is 52.1 Å². The molecular weight excluding hydrogens is 248 g/mol. The average Bonchev–Trinajstić information content (AvgIpc) is 2.75. The Hall–Kier alpha value is -1.92. The zero-order valence-electron chi connectivity index (χ0n) is 11.7. The van der Waals surface area contributed by atoms with E-state index in [9.17, 15) is 9.59 Å². The van der Waals surface area contributed by atoms with E-state index in [4.69, 9.17) is 5.11 Å². The monoisotopic (exact) mass is 268 g/mol. The maximum absolute atomic E-state index is 12.0. The van der Waals surface area contributed by atoms with E-state index in [0.717, 1.165) is 6.42 Å². The largest absolute Gasteiger partial charge is 0.481 e. The van der Waals surface area contributed by atoms with E-state index >= 15 is 0 Å². The third-order valence-corrected chi connectivity index (χ3v) is 3.01. The van der Waals surface area contributed by atoms with Gasteiger partial charge in [-0.15, -0.1) is 5.10 Å². The van der Waals surface area contributed by atoms with Crippen molar-refractivity contribution in [3.8, 4) is 0 Å². The number of rotatable bonds is 6. The number of hydrogen-bond acceptors (Lipinski definition) is 4.